The third kappa shape index (κ3) is 8.13. The van der Waals surface area contributed by atoms with E-state index in [1.54, 1.807) is 12.2 Å². The molecule has 3 N–H and O–H groups in total. The highest BCUT2D eigenvalue weighted by Crippen LogP contribution is 2.18. The fourth-order valence-corrected chi connectivity index (χ4v) is 3.04. The van der Waals surface area contributed by atoms with Crippen molar-refractivity contribution >= 4 is 23.6 Å². The van der Waals surface area contributed by atoms with Gasteiger partial charge in [0.15, 0.2) is 5.78 Å². The number of hydrogen-bond acceptors (Lipinski definition) is 5. The van der Waals surface area contributed by atoms with E-state index in [2.05, 4.69) is 5.32 Å². The minimum absolute atomic E-state index is 0.00293. The number of Topliss-reactive ketones (excluding diaryl/α,β-unsaturated/α-hetero) is 1. The van der Waals surface area contributed by atoms with E-state index in [1.807, 2.05) is 12.2 Å². The summed E-state index contributed by atoms with van der Waals surface area (Å²) in [6.45, 7) is 0. The highest BCUT2D eigenvalue weighted by molar-refractivity contribution is 6.21. The molecule has 1 aliphatic heterocycles. The molecule has 0 aromatic heterocycles. The van der Waals surface area contributed by atoms with Crippen LogP contribution in [-0.4, -0.2) is 29.7 Å². The van der Waals surface area contributed by atoms with Crippen molar-refractivity contribution in [2.24, 2.45) is 5.73 Å². The minimum atomic E-state index is -0.839. The first kappa shape index (κ1) is 22.1. The van der Waals surface area contributed by atoms with Crippen molar-refractivity contribution in [1.29, 1.82) is 0 Å². The van der Waals surface area contributed by atoms with Gasteiger partial charge in [-0.05, 0) is 37.8 Å². The van der Waals surface area contributed by atoms with Crippen LogP contribution in [0.25, 0.3) is 0 Å². The fourth-order valence-electron chi connectivity index (χ4n) is 3.04. The number of allylic oxidation sites excluding steroid dienone is 6. The van der Waals surface area contributed by atoms with Gasteiger partial charge in [0.25, 0.3) is 0 Å². The van der Waals surface area contributed by atoms with Crippen LogP contribution in [0.3, 0.4) is 0 Å². The second kappa shape index (κ2) is 11.6. The monoisotopic (exact) mass is 398 g/mol. The molecule has 2 bridgehead atoms. The molecule has 29 heavy (non-hydrogen) atoms. The normalized spacial score (nSPS) is 25.2. The van der Waals surface area contributed by atoms with Crippen molar-refractivity contribution < 1.29 is 23.9 Å². The molecule has 2 rings (SSSR count). The average Bonchev–Trinajstić information content (AvgIpc) is 2.65. The number of ketones is 2. The Hall–Kier alpha value is -3.22. The molecule has 1 atom stereocenters. The maximum Gasteiger partial charge on any atom is 0.405 e. The van der Waals surface area contributed by atoms with Crippen LogP contribution in [0.2, 0.25) is 0 Å². The van der Waals surface area contributed by atoms with Gasteiger partial charge < -0.3 is 15.8 Å². The number of carbonyl (C=O) groups excluding carboxylic acids is 4. The van der Waals surface area contributed by atoms with Crippen molar-refractivity contribution in [3.63, 3.8) is 0 Å². The van der Waals surface area contributed by atoms with Crippen molar-refractivity contribution in [1.82, 2.24) is 5.32 Å². The first-order chi connectivity index (χ1) is 14.0. The molecule has 0 spiro atoms. The summed E-state index contributed by atoms with van der Waals surface area (Å²) in [5.41, 5.74) is 5.54. The van der Waals surface area contributed by atoms with Crippen LogP contribution in [0.15, 0.2) is 59.9 Å². The van der Waals surface area contributed by atoms with E-state index in [9.17, 15) is 19.2 Å². The lowest BCUT2D eigenvalue weighted by atomic mass is 9.95. The molecule has 0 saturated carbocycles. The number of nitrogens with two attached hydrogens (primary N) is 1. The van der Waals surface area contributed by atoms with E-state index >= 15 is 0 Å². The number of nitrogens with one attached hydrogen (secondary N) is 1. The van der Waals surface area contributed by atoms with E-state index in [1.165, 1.54) is 18.2 Å². The summed E-state index contributed by atoms with van der Waals surface area (Å²) in [5, 5.41) is 2.47. The lowest BCUT2D eigenvalue weighted by molar-refractivity contribution is -0.119. The molecule has 0 fully saturated rings. The number of fused-ring (bicyclic) bond motifs is 2. The molecule has 1 unspecified atom stereocenters. The number of amides is 2. The Bertz CT molecular complexity index is 802. The standard InChI is InChI=1S/C22H26N2O5/c23-22(28)29-18-11-7-4-2-1-3-6-10-16-14-17(25)15-19(21(16)27)24-20(26)13-9-5-8-12-18/h5,7-9,11,13-15,18H,1-4,6,10,12H2,(H2,23,28)(H,24,26)/b8-5-,11-7-,13-9-. The summed E-state index contributed by atoms with van der Waals surface area (Å²) in [5.74, 6) is -1.12. The van der Waals surface area contributed by atoms with Gasteiger partial charge in [0, 0.05) is 24.1 Å². The lowest BCUT2D eigenvalue weighted by Crippen LogP contribution is -2.29. The van der Waals surface area contributed by atoms with Gasteiger partial charge in [-0.3, -0.25) is 14.4 Å². The summed E-state index contributed by atoms with van der Waals surface area (Å²) in [7, 11) is 0. The Kier molecular flexibility index (Phi) is 8.82. The van der Waals surface area contributed by atoms with E-state index in [-0.39, 0.29) is 17.3 Å². The Balaban J connectivity index is 2.09. The molecular formula is C22H26N2O5. The maximum atomic E-state index is 12.5. The van der Waals surface area contributed by atoms with Gasteiger partial charge in [0.1, 0.15) is 6.10 Å². The molecule has 2 amide bonds. The van der Waals surface area contributed by atoms with Crippen molar-refractivity contribution in [3.8, 4) is 0 Å². The van der Waals surface area contributed by atoms with E-state index in [4.69, 9.17) is 10.5 Å². The van der Waals surface area contributed by atoms with Gasteiger partial charge in [0.05, 0.1) is 5.70 Å². The zero-order valence-corrected chi connectivity index (χ0v) is 16.3. The fraction of sp³-hybridized carbons (Fsp3) is 0.364. The van der Waals surface area contributed by atoms with E-state index < -0.39 is 18.1 Å². The molecule has 0 radical (unpaired) electrons. The van der Waals surface area contributed by atoms with Gasteiger partial charge in [-0.15, -0.1) is 0 Å². The topological polar surface area (TPSA) is 116 Å². The predicted octanol–water partition coefficient (Wildman–Crippen LogP) is 2.94. The minimum Gasteiger partial charge on any atom is -0.442 e. The molecule has 1 heterocycles. The molecule has 0 aromatic rings. The highest BCUT2D eigenvalue weighted by atomic mass is 16.6. The zero-order valence-electron chi connectivity index (χ0n) is 16.3. The third-order valence-electron chi connectivity index (χ3n) is 4.45. The molecule has 0 aromatic carbocycles. The van der Waals surface area contributed by atoms with Gasteiger partial charge in [-0.2, -0.15) is 0 Å². The van der Waals surface area contributed by atoms with Gasteiger partial charge in [-0.25, -0.2) is 4.79 Å². The number of rotatable bonds is 1. The maximum absolute atomic E-state index is 12.5. The summed E-state index contributed by atoms with van der Waals surface area (Å²) in [4.78, 5) is 47.4. The second-order valence-corrected chi connectivity index (χ2v) is 6.83. The van der Waals surface area contributed by atoms with Gasteiger partial charge in [0.2, 0.25) is 11.7 Å². The summed E-state index contributed by atoms with van der Waals surface area (Å²) < 4.78 is 5.05. The van der Waals surface area contributed by atoms with Crippen LogP contribution in [0.4, 0.5) is 4.79 Å². The van der Waals surface area contributed by atoms with Gasteiger partial charge >= 0.3 is 6.09 Å². The average molecular weight is 398 g/mol. The first-order valence-corrected chi connectivity index (χ1v) is 9.73. The molecule has 7 nitrogen and oxygen atoms in total. The van der Waals surface area contributed by atoms with Crippen LogP contribution in [-0.2, 0) is 19.1 Å². The molecule has 154 valence electrons. The van der Waals surface area contributed by atoms with Crippen LogP contribution in [0, 0.1) is 0 Å². The van der Waals surface area contributed by atoms with E-state index in [0.717, 1.165) is 38.2 Å². The third-order valence-corrected chi connectivity index (χ3v) is 4.45. The molecular weight excluding hydrogens is 372 g/mol. The number of carbonyl (C=O) groups is 4. The number of hydrogen-bond donors (Lipinski definition) is 2. The molecule has 7 heteroatoms. The molecule has 1 aliphatic carbocycles. The van der Waals surface area contributed by atoms with Crippen LogP contribution >= 0.6 is 0 Å². The Labute approximate surface area is 170 Å². The quantitative estimate of drug-likeness (QED) is 0.520. The van der Waals surface area contributed by atoms with Gasteiger partial charge in [-0.1, -0.05) is 37.1 Å². The second-order valence-electron chi connectivity index (χ2n) is 6.83. The Morgan fingerprint density at radius 3 is 2.62 bits per heavy atom. The summed E-state index contributed by atoms with van der Waals surface area (Å²) in [6, 6.07) is 0. The Morgan fingerprint density at radius 1 is 1.03 bits per heavy atom. The largest absolute Gasteiger partial charge is 0.442 e. The van der Waals surface area contributed by atoms with Crippen LogP contribution < -0.4 is 11.1 Å². The predicted molar refractivity (Wildman–Crippen MR) is 109 cm³/mol. The van der Waals surface area contributed by atoms with Crippen LogP contribution in [0.1, 0.15) is 44.9 Å². The molecule has 2 aliphatic rings. The molecule has 0 saturated heterocycles. The first-order valence-electron chi connectivity index (χ1n) is 9.73. The SMILES string of the molecule is NC(=O)OC1/C=C\CCCCCCC2=CC(=O)C=C(NC(=O)/C=C\C=C/C1)C2=O. The van der Waals surface area contributed by atoms with Crippen molar-refractivity contribution in [2.75, 3.05) is 0 Å². The highest BCUT2D eigenvalue weighted by Gasteiger charge is 2.22. The zero-order chi connectivity index (χ0) is 21.1. The van der Waals surface area contributed by atoms with Crippen molar-refractivity contribution in [3.05, 3.63) is 59.9 Å². The van der Waals surface area contributed by atoms with E-state index in [0.29, 0.717) is 18.4 Å². The number of ether oxygens (including phenoxy) is 1. The lowest BCUT2D eigenvalue weighted by Gasteiger charge is -2.13. The summed E-state index contributed by atoms with van der Waals surface area (Å²) in [6.07, 6.45) is 16.5. The smallest absolute Gasteiger partial charge is 0.405 e. The Morgan fingerprint density at radius 2 is 1.83 bits per heavy atom. The summed E-state index contributed by atoms with van der Waals surface area (Å²) >= 11 is 0. The number of primary amides is 1. The van der Waals surface area contributed by atoms with Crippen molar-refractivity contribution in [2.45, 2.75) is 51.0 Å². The van der Waals surface area contributed by atoms with Crippen LogP contribution in [0.5, 0.6) is 0 Å².